The quantitative estimate of drug-likeness (QED) is 0.354. The van der Waals surface area contributed by atoms with E-state index >= 15 is 0 Å². The Labute approximate surface area is 246 Å². The molecule has 1 aliphatic heterocycles. The van der Waals surface area contributed by atoms with Crippen molar-refractivity contribution in [3.63, 3.8) is 0 Å². The number of nitrogens with zero attached hydrogens (tertiary/aromatic N) is 1. The molecular formula is C31H38ClN3O5S. The van der Waals surface area contributed by atoms with Crippen LogP contribution in [0.25, 0.3) is 22.2 Å². The summed E-state index contributed by atoms with van der Waals surface area (Å²) in [5, 5.41) is 1.34. The molecule has 6 rings (SSSR count). The van der Waals surface area contributed by atoms with Gasteiger partial charge < -0.3 is 19.4 Å². The number of rotatable bonds is 9. The molecule has 1 amide bonds. The Morgan fingerprint density at radius 1 is 1.10 bits per heavy atom. The molecule has 10 heteroatoms. The highest BCUT2D eigenvalue weighted by Gasteiger charge is 2.41. The van der Waals surface area contributed by atoms with E-state index in [9.17, 15) is 13.2 Å². The van der Waals surface area contributed by atoms with Gasteiger partial charge in [-0.15, -0.1) is 0 Å². The first-order valence-electron chi connectivity index (χ1n) is 14.6. The maximum Gasteiger partial charge on any atom is 0.240 e. The first-order chi connectivity index (χ1) is 19.8. The molecule has 2 aliphatic carbocycles. The predicted molar refractivity (Wildman–Crippen MR) is 159 cm³/mol. The van der Waals surface area contributed by atoms with Gasteiger partial charge in [0.2, 0.25) is 15.9 Å². The zero-order valence-electron chi connectivity index (χ0n) is 23.4. The van der Waals surface area contributed by atoms with E-state index in [-0.39, 0.29) is 28.8 Å². The van der Waals surface area contributed by atoms with Gasteiger partial charge in [-0.1, -0.05) is 35.9 Å². The Bertz CT molecular complexity index is 1490. The van der Waals surface area contributed by atoms with E-state index in [2.05, 4.69) is 14.6 Å². The summed E-state index contributed by atoms with van der Waals surface area (Å²) in [6.45, 7) is 2.57. The number of halogens is 1. The fraction of sp³-hybridized carbons (Fsp3) is 0.516. The van der Waals surface area contributed by atoms with E-state index in [1.807, 2.05) is 24.3 Å². The maximum atomic E-state index is 13.4. The minimum Gasteiger partial charge on any atom is -0.384 e. The fourth-order valence-electron chi connectivity index (χ4n) is 6.31. The van der Waals surface area contributed by atoms with E-state index in [4.69, 9.17) is 21.1 Å². The van der Waals surface area contributed by atoms with Gasteiger partial charge in [-0.2, -0.15) is 0 Å². The van der Waals surface area contributed by atoms with Gasteiger partial charge in [0.25, 0.3) is 0 Å². The van der Waals surface area contributed by atoms with Crippen molar-refractivity contribution in [3.05, 3.63) is 53.1 Å². The number of carbonyl (C=O) groups is 1. The van der Waals surface area contributed by atoms with Crippen molar-refractivity contribution >= 4 is 38.4 Å². The number of H-pyrrole nitrogens is 1. The predicted octanol–water partition coefficient (Wildman–Crippen LogP) is 5.15. The zero-order valence-corrected chi connectivity index (χ0v) is 25.0. The maximum absolute atomic E-state index is 13.4. The van der Waals surface area contributed by atoms with Gasteiger partial charge in [-0.3, -0.25) is 4.79 Å². The minimum absolute atomic E-state index is 0.0417. The molecule has 0 radical (unpaired) electrons. The number of benzene rings is 2. The summed E-state index contributed by atoms with van der Waals surface area (Å²) in [6, 6.07) is 13.1. The Kier molecular flexibility index (Phi) is 8.43. The molecule has 220 valence electrons. The van der Waals surface area contributed by atoms with Crippen LogP contribution in [0.15, 0.2) is 47.4 Å². The van der Waals surface area contributed by atoms with Crippen LogP contribution in [0.4, 0.5) is 0 Å². The number of methoxy groups -OCH3 is 1. The molecule has 3 aromatic rings. The highest BCUT2D eigenvalue weighted by Crippen LogP contribution is 2.39. The Morgan fingerprint density at radius 2 is 1.85 bits per heavy atom. The summed E-state index contributed by atoms with van der Waals surface area (Å²) < 4.78 is 40.4. The van der Waals surface area contributed by atoms with Crippen molar-refractivity contribution in [3.8, 4) is 11.3 Å². The molecule has 1 aromatic heterocycles. The summed E-state index contributed by atoms with van der Waals surface area (Å²) in [6.07, 6.45) is 5.87. The largest absolute Gasteiger partial charge is 0.384 e. The summed E-state index contributed by atoms with van der Waals surface area (Å²) in [5.74, 6) is 0.762. The molecule has 2 N–H and O–H groups in total. The number of fused-ring (bicyclic) bond motifs is 1. The molecule has 2 saturated carbocycles. The number of nitrogens with one attached hydrogen (secondary N) is 2. The van der Waals surface area contributed by atoms with Gasteiger partial charge in [0.15, 0.2) is 0 Å². The fourth-order valence-corrected chi connectivity index (χ4v) is 7.97. The number of aromatic amines is 1. The molecule has 3 aliphatic rings. The molecule has 0 spiro atoms. The standard InChI is InChI=1S/C31H38ClN3O5S/c1-39-16-14-20-2-4-22(5-3-20)30-29(32)26-13-12-25(18-27(26)33-30)41(37,38)34-24-10-8-23(9-11-24)31(36)35-15-17-40-19-28(35)21-6-7-21/h2-5,12-13,18,21,23-24,28,33-34H,6-11,14-17,19H2,1H3/t23?,24?,28-/m1/s1. The zero-order chi connectivity index (χ0) is 28.6. The number of amides is 1. The van der Waals surface area contributed by atoms with Crippen LogP contribution in [0.2, 0.25) is 5.02 Å². The van der Waals surface area contributed by atoms with Crippen molar-refractivity contribution in [2.45, 2.75) is 61.9 Å². The second kappa shape index (κ2) is 12.1. The lowest BCUT2D eigenvalue weighted by atomic mass is 9.85. The van der Waals surface area contributed by atoms with Gasteiger partial charge in [0, 0.05) is 36.5 Å². The van der Waals surface area contributed by atoms with Crippen LogP contribution in [0, 0.1) is 11.8 Å². The third kappa shape index (κ3) is 6.20. The molecular weight excluding hydrogens is 562 g/mol. The normalized spacial score (nSPS) is 23.7. The van der Waals surface area contributed by atoms with Crippen molar-refractivity contribution in [1.82, 2.24) is 14.6 Å². The SMILES string of the molecule is COCCc1ccc(-c2[nH]c3cc(S(=O)(=O)NC4CCC(C(=O)N5CCOC[C@@H]5C5CC5)CC4)ccc3c2Cl)cc1. The lowest BCUT2D eigenvalue weighted by Gasteiger charge is -2.39. The van der Waals surface area contributed by atoms with Crippen LogP contribution in [0.3, 0.4) is 0 Å². The van der Waals surface area contributed by atoms with E-state index in [0.29, 0.717) is 68.5 Å². The number of ether oxygens (including phenoxy) is 2. The van der Waals surface area contributed by atoms with Crippen LogP contribution < -0.4 is 4.72 Å². The summed E-state index contributed by atoms with van der Waals surface area (Å²) in [5.41, 5.74) is 3.53. The van der Waals surface area contributed by atoms with Crippen LogP contribution in [-0.4, -0.2) is 69.8 Å². The van der Waals surface area contributed by atoms with E-state index in [0.717, 1.165) is 23.1 Å². The number of carbonyl (C=O) groups excluding carboxylic acids is 1. The lowest BCUT2D eigenvalue weighted by molar-refractivity contribution is -0.146. The first kappa shape index (κ1) is 28.7. The molecule has 8 nitrogen and oxygen atoms in total. The van der Waals surface area contributed by atoms with E-state index in [1.165, 1.54) is 18.4 Å². The number of aromatic nitrogens is 1. The van der Waals surface area contributed by atoms with Crippen LogP contribution in [-0.2, 0) is 30.7 Å². The van der Waals surface area contributed by atoms with Gasteiger partial charge in [-0.05, 0) is 80.2 Å². The summed E-state index contributed by atoms with van der Waals surface area (Å²) in [4.78, 5) is 18.9. The monoisotopic (exact) mass is 599 g/mol. The molecule has 1 saturated heterocycles. The number of hydrogen-bond donors (Lipinski definition) is 2. The topological polar surface area (TPSA) is 101 Å². The molecule has 1 atom stereocenters. The third-order valence-corrected chi connectivity index (χ3v) is 10.8. The molecule has 41 heavy (non-hydrogen) atoms. The molecule has 0 bridgehead atoms. The molecule has 2 heterocycles. The van der Waals surface area contributed by atoms with Crippen LogP contribution in [0.1, 0.15) is 44.1 Å². The summed E-state index contributed by atoms with van der Waals surface area (Å²) >= 11 is 6.71. The van der Waals surface area contributed by atoms with Crippen molar-refractivity contribution < 1.29 is 22.7 Å². The van der Waals surface area contributed by atoms with Gasteiger partial charge in [0.05, 0.1) is 41.5 Å². The van der Waals surface area contributed by atoms with E-state index in [1.54, 1.807) is 25.3 Å². The van der Waals surface area contributed by atoms with Crippen molar-refractivity contribution in [2.24, 2.45) is 11.8 Å². The third-order valence-electron chi connectivity index (χ3n) is 8.87. The average molecular weight is 600 g/mol. The molecule has 3 fully saturated rings. The molecule has 2 aromatic carbocycles. The molecule has 0 unspecified atom stereocenters. The average Bonchev–Trinajstić information content (AvgIpc) is 3.79. The number of sulfonamides is 1. The second-order valence-corrected chi connectivity index (χ2v) is 13.7. The van der Waals surface area contributed by atoms with Gasteiger partial charge >= 0.3 is 0 Å². The lowest BCUT2D eigenvalue weighted by Crippen LogP contribution is -2.52. The van der Waals surface area contributed by atoms with Crippen molar-refractivity contribution in [1.29, 1.82) is 0 Å². The second-order valence-electron chi connectivity index (χ2n) is 11.6. The van der Waals surface area contributed by atoms with Gasteiger partial charge in [-0.25, -0.2) is 13.1 Å². The first-order valence-corrected chi connectivity index (χ1v) is 16.5. The number of hydrogen-bond acceptors (Lipinski definition) is 5. The number of morpholine rings is 1. The highest BCUT2D eigenvalue weighted by molar-refractivity contribution is 7.89. The van der Waals surface area contributed by atoms with Gasteiger partial charge in [0.1, 0.15) is 0 Å². The minimum atomic E-state index is -3.74. The Morgan fingerprint density at radius 3 is 2.56 bits per heavy atom. The highest BCUT2D eigenvalue weighted by atomic mass is 35.5. The van der Waals surface area contributed by atoms with Crippen LogP contribution >= 0.6 is 11.6 Å². The summed E-state index contributed by atoms with van der Waals surface area (Å²) in [7, 11) is -2.05. The van der Waals surface area contributed by atoms with E-state index < -0.39 is 10.0 Å². The van der Waals surface area contributed by atoms with Crippen LogP contribution in [0.5, 0.6) is 0 Å². The Hall–Kier alpha value is -2.43. The smallest absolute Gasteiger partial charge is 0.240 e. The van der Waals surface area contributed by atoms with Crippen molar-refractivity contribution in [2.75, 3.05) is 33.5 Å². The Balaban J connectivity index is 1.10.